The van der Waals surface area contributed by atoms with Crippen molar-refractivity contribution >= 4 is 12.4 Å². The van der Waals surface area contributed by atoms with Crippen molar-refractivity contribution < 1.29 is 0 Å². The van der Waals surface area contributed by atoms with Gasteiger partial charge in [0.05, 0.1) is 0 Å². The highest BCUT2D eigenvalue weighted by atomic mass is 35.5. The first kappa shape index (κ1) is 12.3. The molecule has 2 fully saturated rings. The fraction of sp³-hybridized carbons (Fsp3) is 1.00. The van der Waals surface area contributed by atoms with Gasteiger partial charge in [0.1, 0.15) is 0 Å². The zero-order valence-electron chi connectivity index (χ0n) is 9.33. The Morgan fingerprint density at radius 3 is 2.86 bits per heavy atom. The molecule has 0 spiro atoms. The molecule has 2 rings (SSSR count). The van der Waals surface area contributed by atoms with Gasteiger partial charge in [-0.05, 0) is 44.3 Å². The third-order valence-electron chi connectivity index (χ3n) is 3.55. The molecule has 2 atom stereocenters. The minimum Gasteiger partial charge on any atom is -0.315 e. The Bertz CT molecular complexity index is 173. The lowest BCUT2D eigenvalue weighted by molar-refractivity contribution is 0.238. The van der Waals surface area contributed by atoms with Gasteiger partial charge in [-0.15, -0.1) is 12.4 Å². The molecule has 0 aromatic carbocycles. The summed E-state index contributed by atoms with van der Waals surface area (Å²) in [5.41, 5.74) is 0. The fourth-order valence-corrected chi connectivity index (χ4v) is 2.64. The van der Waals surface area contributed by atoms with Crippen LogP contribution in [0.4, 0.5) is 0 Å². The van der Waals surface area contributed by atoms with Crippen LogP contribution in [0.2, 0.25) is 0 Å². The normalized spacial score (nSPS) is 31.9. The van der Waals surface area contributed by atoms with Crippen molar-refractivity contribution in [2.75, 3.05) is 26.2 Å². The second kappa shape index (κ2) is 5.34. The molecule has 0 aromatic rings. The SMILES string of the molecule is CC(C)CCN1CC[C@H]2CNC[C@H]21.Cl. The maximum absolute atomic E-state index is 3.50. The molecule has 0 aromatic heterocycles. The van der Waals surface area contributed by atoms with Gasteiger partial charge in [0.15, 0.2) is 0 Å². The zero-order chi connectivity index (χ0) is 9.26. The first-order valence-electron chi connectivity index (χ1n) is 5.72. The van der Waals surface area contributed by atoms with Crippen LogP contribution < -0.4 is 5.32 Å². The van der Waals surface area contributed by atoms with Crippen molar-refractivity contribution in [3.63, 3.8) is 0 Å². The number of nitrogens with zero attached hydrogens (tertiary/aromatic N) is 1. The summed E-state index contributed by atoms with van der Waals surface area (Å²) in [6, 6.07) is 0.874. The van der Waals surface area contributed by atoms with Gasteiger partial charge in [-0.25, -0.2) is 0 Å². The van der Waals surface area contributed by atoms with Crippen molar-refractivity contribution in [1.29, 1.82) is 0 Å². The van der Waals surface area contributed by atoms with E-state index in [0.717, 1.165) is 17.9 Å². The van der Waals surface area contributed by atoms with E-state index >= 15 is 0 Å². The van der Waals surface area contributed by atoms with Gasteiger partial charge in [0.25, 0.3) is 0 Å². The second-order valence-corrected chi connectivity index (χ2v) is 4.99. The molecular weight excluding hydrogens is 196 g/mol. The number of hydrogen-bond acceptors (Lipinski definition) is 2. The Labute approximate surface area is 93.8 Å². The molecule has 0 unspecified atom stereocenters. The minimum absolute atomic E-state index is 0. The van der Waals surface area contributed by atoms with Crippen LogP contribution in [0.25, 0.3) is 0 Å². The average Bonchev–Trinajstić information content (AvgIpc) is 2.60. The van der Waals surface area contributed by atoms with Gasteiger partial charge in [-0.1, -0.05) is 13.8 Å². The quantitative estimate of drug-likeness (QED) is 0.777. The van der Waals surface area contributed by atoms with E-state index in [4.69, 9.17) is 0 Å². The number of hydrogen-bond donors (Lipinski definition) is 1. The summed E-state index contributed by atoms with van der Waals surface area (Å²) in [4.78, 5) is 2.70. The van der Waals surface area contributed by atoms with E-state index in [2.05, 4.69) is 24.1 Å². The van der Waals surface area contributed by atoms with E-state index in [0.29, 0.717) is 0 Å². The van der Waals surface area contributed by atoms with Gasteiger partial charge < -0.3 is 5.32 Å². The first-order chi connectivity index (χ1) is 6.27. The lowest BCUT2D eigenvalue weighted by atomic mass is 10.0. The molecule has 0 aliphatic carbocycles. The number of nitrogens with one attached hydrogen (secondary N) is 1. The summed E-state index contributed by atoms with van der Waals surface area (Å²) in [5, 5.41) is 3.50. The molecule has 1 N–H and O–H groups in total. The van der Waals surface area contributed by atoms with Crippen LogP contribution in [0.5, 0.6) is 0 Å². The van der Waals surface area contributed by atoms with Gasteiger partial charge in [-0.2, -0.15) is 0 Å². The van der Waals surface area contributed by atoms with E-state index < -0.39 is 0 Å². The standard InChI is InChI=1S/C11H22N2.ClH/c1-9(2)3-5-13-6-4-10-7-12-8-11(10)13;/h9-12H,3-8H2,1-2H3;1H/t10-,11+;/m0./s1. The fourth-order valence-electron chi connectivity index (χ4n) is 2.64. The van der Waals surface area contributed by atoms with Crippen LogP contribution in [-0.2, 0) is 0 Å². The summed E-state index contributed by atoms with van der Waals surface area (Å²) in [5.74, 6) is 1.82. The first-order valence-corrected chi connectivity index (χ1v) is 5.72. The summed E-state index contributed by atoms with van der Waals surface area (Å²) < 4.78 is 0. The second-order valence-electron chi connectivity index (χ2n) is 4.99. The molecule has 2 aliphatic rings. The van der Waals surface area contributed by atoms with Crippen molar-refractivity contribution in [1.82, 2.24) is 10.2 Å². The molecule has 2 saturated heterocycles. The molecule has 2 nitrogen and oxygen atoms in total. The summed E-state index contributed by atoms with van der Waals surface area (Å²) in [6.45, 7) is 9.82. The summed E-state index contributed by atoms with van der Waals surface area (Å²) in [7, 11) is 0. The summed E-state index contributed by atoms with van der Waals surface area (Å²) >= 11 is 0. The highest BCUT2D eigenvalue weighted by Crippen LogP contribution is 2.27. The largest absolute Gasteiger partial charge is 0.315 e. The lowest BCUT2D eigenvalue weighted by Crippen LogP contribution is -2.35. The molecule has 0 saturated carbocycles. The third-order valence-corrected chi connectivity index (χ3v) is 3.55. The highest BCUT2D eigenvalue weighted by Gasteiger charge is 2.36. The van der Waals surface area contributed by atoms with Gasteiger partial charge in [0.2, 0.25) is 0 Å². The maximum atomic E-state index is 3.50. The topological polar surface area (TPSA) is 15.3 Å². The molecule has 2 aliphatic heterocycles. The highest BCUT2D eigenvalue weighted by molar-refractivity contribution is 5.85. The van der Waals surface area contributed by atoms with Gasteiger partial charge >= 0.3 is 0 Å². The van der Waals surface area contributed by atoms with Crippen LogP contribution in [0.1, 0.15) is 26.7 Å². The average molecular weight is 219 g/mol. The number of likely N-dealkylation sites (tertiary alicyclic amines) is 1. The van der Waals surface area contributed by atoms with E-state index in [-0.39, 0.29) is 12.4 Å². The van der Waals surface area contributed by atoms with Crippen molar-refractivity contribution in [2.24, 2.45) is 11.8 Å². The Balaban J connectivity index is 0.000000980. The van der Waals surface area contributed by atoms with Gasteiger partial charge in [0, 0.05) is 12.6 Å². The Morgan fingerprint density at radius 1 is 1.36 bits per heavy atom. The molecule has 0 amide bonds. The van der Waals surface area contributed by atoms with E-state index in [9.17, 15) is 0 Å². The van der Waals surface area contributed by atoms with Crippen LogP contribution in [0, 0.1) is 11.8 Å². The third kappa shape index (κ3) is 2.62. The van der Waals surface area contributed by atoms with Crippen LogP contribution in [0.15, 0.2) is 0 Å². The predicted molar refractivity (Wildman–Crippen MR) is 63.0 cm³/mol. The van der Waals surface area contributed by atoms with Crippen LogP contribution in [0.3, 0.4) is 0 Å². The monoisotopic (exact) mass is 218 g/mol. The lowest BCUT2D eigenvalue weighted by Gasteiger charge is -2.23. The van der Waals surface area contributed by atoms with E-state index in [1.54, 1.807) is 0 Å². The van der Waals surface area contributed by atoms with Crippen molar-refractivity contribution in [2.45, 2.75) is 32.7 Å². The maximum Gasteiger partial charge on any atom is 0.0261 e. The van der Waals surface area contributed by atoms with Gasteiger partial charge in [-0.3, -0.25) is 4.90 Å². The predicted octanol–water partition coefficient (Wildman–Crippen LogP) is 1.75. The van der Waals surface area contributed by atoms with Crippen molar-refractivity contribution in [3.8, 4) is 0 Å². The molecular formula is C11H23ClN2. The number of fused-ring (bicyclic) bond motifs is 1. The van der Waals surface area contributed by atoms with Crippen molar-refractivity contribution in [3.05, 3.63) is 0 Å². The zero-order valence-corrected chi connectivity index (χ0v) is 10.1. The minimum atomic E-state index is 0. The van der Waals surface area contributed by atoms with Crippen LogP contribution in [-0.4, -0.2) is 37.1 Å². The molecule has 0 bridgehead atoms. The molecule has 2 heterocycles. The number of halogens is 1. The molecule has 3 heteroatoms. The number of rotatable bonds is 3. The summed E-state index contributed by atoms with van der Waals surface area (Å²) in [6.07, 6.45) is 2.79. The molecule has 14 heavy (non-hydrogen) atoms. The Morgan fingerprint density at radius 2 is 2.14 bits per heavy atom. The smallest absolute Gasteiger partial charge is 0.0261 e. The Kier molecular flexibility index (Phi) is 4.68. The van der Waals surface area contributed by atoms with Crippen LogP contribution >= 0.6 is 12.4 Å². The molecule has 84 valence electrons. The Hall–Kier alpha value is 0.210. The molecule has 0 radical (unpaired) electrons. The van der Waals surface area contributed by atoms with E-state index in [1.807, 2.05) is 0 Å². The van der Waals surface area contributed by atoms with E-state index in [1.165, 1.54) is 39.0 Å².